The highest BCUT2D eigenvalue weighted by molar-refractivity contribution is 6.20. The third kappa shape index (κ3) is 4.30. The van der Waals surface area contributed by atoms with E-state index in [1.165, 1.54) is 19.1 Å². The van der Waals surface area contributed by atoms with Crippen LogP contribution in [0.4, 0.5) is 11.4 Å². The molecule has 1 saturated heterocycles. The van der Waals surface area contributed by atoms with Gasteiger partial charge in [-0.05, 0) is 48.0 Å². The number of nitrogens with zero attached hydrogens (tertiary/aromatic N) is 1. The molecule has 0 radical (unpaired) electrons. The van der Waals surface area contributed by atoms with Gasteiger partial charge in [-0.15, -0.1) is 0 Å². The Labute approximate surface area is 178 Å². The molecule has 1 heterocycles. The van der Waals surface area contributed by atoms with Gasteiger partial charge in [0.15, 0.2) is 6.10 Å². The zero-order chi connectivity index (χ0) is 22.0. The van der Waals surface area contributed by atoms with Crippen LogP contribution in [0.15, 0.2) is 66.7 Å². The van der Waals surface area contributed by atoms with Crippen LogP contribution in [0.1, 0.15) is 30.1 Å². The summed E-state index contributed by atoms with van der Waals surface area (Å²) < 4.78 is 5.29. The van der Waals surface area contributed by atoms with Crippen molar-refractivity contribution in [3.63, 3.8) is 0 Å². The number of rotatable bonds is 5. The lowest BCUT2D eigenvalue weighted by Crippen LogP contribution is -2.30. The molecule has 4 rings (SSSR count). The number of benzene rings is 3. The Morgan fingerprint density at radius 2 is 1.61 bits per heavy atom. The fraction of sp³-hybridized carbons (Fsp3) is 0.167. The minimum atomic E-state index is -1.04. The molecule has 7 nitrogen and oxygen atoms in total. The summed E-state index contributed by atoms with van der Waals surface area (Å²) in [6.45, 7) is 1.48. The molecule has 0 aliphatic carbocycles. The van der Waals surface area contributed by atoms with E-state index in [4.69, 9.17) is 4.74 Å². The van der Waals surface area contributed by atoms with Gasteiger partial charge in [-0.25, -0.2) is 4.79 Å². The SMILES string of the molecule is C[C@@H](OC(=O)c1cccc(N2C(=O)CCC2=O)c1)C(=O)Nc1ccc2ccccc2c1. The summed E-state index contributed by atoms with van der Waals surface area (Å²) in [5, 5.41) is 4.77. The van der Waals surface area contributed by atoms with Crippen LogP contribution in [0.25, 0.3) is 10.8 Å². The number of imide groups is 1. The Morgan fingerprint density at radius 1 is 0.903 bits per heavy atom. The van der Waals surface area contributed by atoms with Gasteiger partial charge in [0, 0.05) is 18.5 Å². The maximum Gasteiger partial charge on any atom is 0.338 e. The zero-order valence-electron chi connectivity index (χ0n) is 16.8. The molecule has 0 spiro atoms. The van der Waals surface area contributed by atoms with Gasteiger partial charge < -0.3 is 10.1 Å². The molecule has 1 fully saturated rings. The first kappa shape index (κ1) is 20.3. The van der Waals surface area contributed by atoms with Gasteiger partial charge >= 0.3 is 5.97 Å². The highest BCUT2D eigenvalue weighted by Crippen LogP contribution is 2.24. The van der Waals surface area contributed by atoms with Crippen molar-refractivity contribution in [1.82, 2.24) is 0 Å². The van der Waals surface area contributed by atoms with E-state index in [0.717, 1.165) is 15.7 Å². The van der Waals surface area contributed by atoms with Gasteiger partial charge in [0.1, 0.15) is 0 Å². The molecule has 7 heteroatoms. The fourth-order valence-corrected chi connectivity index (χ4v) is 3.43. The Bertz CT molecular complexity index is 1190. The number of nitrogens with one attached hydrogen (secondary N) is 1. The van der Waals surface area contributed by atoms with Gasteiger partial charge in [-0.1, -0.05) is 36.4 Å². The molecule has 156 valence electrons. The van der Waals surface area contributed by atoms with Gasteiger partial charge in [0.25, 0.3) is 5.91 Å². The quantitative estimate of drug-likeness (QED) is 0.506. The zero-order valence-corrected chi connectivity index (χ0v) is 16.8. The average Bonchev–Trinajstić information content (AvgIpc) is 3.11. The second-order valence-electron chi connectivity index (χ2n) is 7.27. The average molecular weight is 416 g/mol. The molecular formula is C24H20N2O5. The Hall–Kier alpha value is -4.00. The third-order valence-electron chi connectivity index (χ3n) is 5.06. The first-order chi connectivity index (χ1) is 14.9. The molecule has 0 aromatic heterocycles. The summed E-state index contributed by atoms with van der Waals surface area (Å²) in [5.41, 5.74) is 1.06. The molecule has 3 aromatic carbocycles. The predicted molar refractivity (Wildman–Crippen MR) is 116 cm³/mol. The molecule has 1 aliphatic rings. The number of anilines is 2. The number of carbonyl (C=O) groups is 4. The van der Waals surface area contributed by atoms with Crippen LogP contribution < -0.4 is 10.2 Å². The molecule has 3 amide bonds. The van der Waals surface area contributed by atoms with E-state index in [1.807, 2.05) is 36.4 Å². The maximum absolute atomic E-state index is 12.5. The van der Waals surface area contributed by atoms with Crippen LogP contribution >= 0.6 is 0 Å². The second-order valence-corrected chi connectivity index (χ2v) is 7.27. The van der Waals surface area contributed by atoms with Crippen LogP contribution in [0.3, 0.4) is 0 Å². The fourth-order valence-electron chi connectivity index (χ4n) is 3.43. The van der Waals surface area contributed by atoms with E-state index < -0.39 is 18.0 Å². The van der Waals surface area contributed by atoms with Crippen molar-refractivity contribution in [2.45, 2.75) is 25.9 Å². The molecule has 0 unspecified atom stereocenters. The monoisotopic (exact) mass is 416 g/mol. The highest BCUT2D eigenvalue weighted by Gasteiger charge is 2.30. The van der Waals surface area contributed by atoms with E-state index in [2.05, 4.69) is 5.32 Å². The number of hydrogen-bond donors (Lipinski definition) is 1. The van der Waals surface area contributed by atoms with E-state index in [-0.39, 0.29) is 30.2 Å². The molecule has 31 heavy (non-hydrogen) atoms. The van der Waals surface area contributed by atoms with Crippen LogP contribution in [0.5, 0.6) is 0 Å². The standard InChI is InChI=1S/C24H20N2O5/c1-15(23(29)25-19-10-9-16-5-2-3-6-17(16)13-19)31-24(30)18-7-4-8-20(14-18)26-21(27)11-12-22(26)28/h2-10,13-15H,11-12H2,1H3,(H,25,29)/t15-/m1/s1. The summed E-state index contributed by atoms with van der Waals surface area (Å²) in [4.78, 5) is 49.9. The molecular weight excluding hydrogens is 396 g/mol. The van der Waals surface area contributed by atoms with Crippen molar-refractivity contribution in [1.29, 1.82) is 0 Å². The van der Waals surface area contributed by atoms with Gasteiger partial charge in [-0.2, -0.15) is 0 Å². The third-order valence-corrected chi connectivity index (χ3v) is 5.06. The topological polar surface area (TPSA) is 92.8 Å². The lowest BCUT2D eigenvalue weighted by molar-refractivity contribution is -0.124. The van der Waals surface area contributed by atoms with Crippen LogP contribution in [-0.4, -0.2) is 29.8 Å². The number of carbonyl (C=O) groups excluding carboxylic acids is 4. The first-order valence-corrected chi connectivity index (χ1v) is 9.89. The Kier molecular flexibility index (Phi) is 5.49. The first-order valence-electron chi connectivity index (χ1n) is 9.89. The van der Waals surface area contributed by atoms with Crippen molar-refractivity contribution in [3.05, 3.63) is 72.3 Å². The molecule has 1 aliphatic heterocycles. The minimum Gasteiger partial charge on any atom is -0.449 e. The lowest BCUT2D eigenvalue weighted by atomic mass is 10.1. The van der Waals surface area contributed by atoms with Gasteiger partial charge in [0.05, 0.1) is 11.3 Å². The number of hydrogen-bond acceptors (Lipinski definition) is 5. The van der Waals surface area contributed by atoms with Crippen LogP contribution in [0.2, 0.25) is 0 Å². The van der Waals surface area contributed by atoms with Gasteiger partial charge in [-0.3, -0.25) is 19.3 Å². The van der Waals surface area contributed by atoms with E-state index >= 15 is 0 Å². The normalized spacial score (nSPS) is 14.5. The lowest BCUT2D eigenvalue weighted by Gasteiger charge is -2.16. The smallest absolute Gasteiger partial charge is 0.338 e. The second kappa shape index (κ2) is 8.39. The number of amides is 3. The number of esters is 1. The maximum atomic E-state index is 12.5. The highest BCUT2D eigenvalue weighted by atomic mass is 16.5. The molecule has 3 aromatic rings. The van der Waals surface area contributed by atoms with Crippen molar-refractivity contribution in [3.8, 4) is 0 Å². The summed E-state index contributed by atoms with van der Waals surface area (Å²) >= 11 is 0. The molecule has 1 N–H and O–H groups in total. The minimum absolute atomic E-state index is 0.148. The number of ether oxygens (including phenoxy) is 1. The summed E-state index contributed by atoms with van der Waals surface area (Å²) in [7, 11) is 0. The molecule has 0 bridgehead atoms. The predicted octanol–water partition coefficient (Wildman–Crippen LogP) is 3.68. The Balaban J connectivity index is 1.43. The molecule has 0 saturated carbocycles. The molecule has 1 atom stereocenters. The van der Waals surface area contributed by atoms with E-state index in [1.54, 1.807) is 18.2 Å². The van der Waals surface area contributed by atoms with Gasteiger partial charge in [0.2, 0.25) is 11.8 Å². The van der Waals surface area contributed by atoms with Crippen molar-refractivity contribution in [2.24, 2.45) is 0 Å². The van der Waals surface area contributed by atoms with Crippen molar-refractivity contribution in [2.75, 3.05) is 10.2 Å². The summed E-state index contributed by atoms with van der Waals surface area (Å²) in [6, 6.07) is 19.3. The van der Waals surface area contributed by atoms with Crippen LogP contribution in [0, 0.1) is 0 Å². The summed E-state index contributed by atoms with van der Waals surface area (Å²) in [5.74, 6) is -1.80. The van der Waals surface area contributed by atoms with Crippen molar-refractivity contribution < 1.29 is 23.9 Å². The van der Waals surface area contributed by atoms with Crippen LogP contribution in [-0.2, 0) is 19.1 Å². The van der Waals surface area contributed by atoms with E-state index in [0.29, 0.717) is 11.4 Å². The Morgan fingerprint density at radius 3 is 2.35 bits per heavy atom. The van der Waals surface area contributed by atoms with Crippen molar-refractivity contribution >= 4 is 45.8 Å². The summed E-state index contributed by atoms with van der Waals surface area (Å²) in [6.07, 6.45) is -0.739. The van der Waals surface area contributed by atoms with E-state index in [9.17, 15) is 19.2 Å². The largest absolute Gasteiger partial charge is 0.449 e. The number of fused-ring (bicyclic) bond motifs is 1.